The molecule has 0 bridgehead atoms. The van der Waals surface area contributed by atoms with Gasteiger partial charge in [0.2, 0.25) is 11.7 Å². The van der Waals surface area contributed by atoms with Crippen molar-refractivity contribution >= 4 is 27.4 Å². The second-order valence-corrected chi connectivity index (χ2v) is 6.70. The van der Waals surface area contributed by atoms with Crippen LogP contribution in [0.25, 0.3) is 11.4 Å². The van der Waals surface area contributed by atoms with E-state index in [4.69, 9.17) is 4.52 Å². The molecule has 0 spiro atoms. The van der Waals surface area contributed by atoms with Gasteiger partial charge in [-0.2, -0.15) is 4.98 Å². The van der Waals surface area contributed by atoms with Crippen LogP contribution in [0.4, 0.5) is 11.5 Å². The number of hydrogen-bond acceptors (Lipinski definition) is 8. The molecule has 0 amide bonds. The number of aromatic nitrogens is 4. The minimum absolute atomic E-state index is 0.0971. The summed E-state index contributed by atoms with van der Waals surface area (Å²) in [7, 11) is 0. The fourth-order valence-corrected chi connectivity index (χ4v) is 2.72. The molecular formula is C16H15BrN6O3. The molecule has 0 aliphatic heterocycles. The number of nitrogens with one attached hydrogen (secondary N) is 1. The largest absolute Gasteiger partial charge is 0.357 e. The topological polar surface area (TPSA) is 120 Å². The lowest BCUT2D eigenvalue weighted by Crippen LogP contribution is -2.18. The van der Waals surface area contributed by atoms with Gasteiger partial charge in [0.25, 0.3) is 5.69 Å². The average Bonchev–Trinajstić information content (AvgIpc) is 3.10. The van der Waals surface area contributed by atoms with E-state index in [-0.39, 0.29) is 17.6 Å². The zero-order valence-electron chi connectivity index (χ0n) is 14.0. The van der Waals surface area contributed by atoms with Gasteiger partial charge in [0, 0.05) is 24.0 Å². The Labute approximate surface area is 157 Å². The first-order valence-corrected chi connectivity index (χ1v) is 8.55. The lowest BCUT2D eigenvalue weighted by molar-refractivity contribution is -0.385. The molecule has 9 nitrogen and oxygen atoms in total. The number of hydrogen-bond donors (Lipinski definition) is 1. The standard InChI is InChI=1S/C16H15BrN6O3/c1-9(2)13(20-15-12(17)6-11(8-19-15)23(24)25)16-21-14(22-26-16)10-4-3-5-18-7-10/h3-9,13H,1-2H3,(H,19,20). The number of rotatable bonds is 6. The van der Waals surface area contributed by atoms with Crippen molar-refractivity contribution in [3.63, 3.8) is 0 Å². The van der Waals surface area contributed by atoms with Gasteiger partial charge < -0.3 is 9.84 Å². The molecule has 3 heterocycles. The van der Waals surface area contributed by atoms with Crippen LogP contribution in [0, 0.1) is 16.0 Å². The highest BCUT2D eigenvalue weighted by Crippen LogP contribution is 2.31. The fourth-order valence-electron chi connectivity index (χ4n) is 2.27. The zero-order chi connectivity index (χ0) is 18.7. The van der Waals surface area contributed by atoms with E-state index in [9.17, 15) is 10.1 Å². The highest BCUT2D eigenvalue weighted by Gasteiger charge is 2.25. The Morgan fingerprint density at radius 1 is 1.35 bits per heavy atom. The molecule has 0 aromatic carbocycles. The van der Waals surface area contributed by atoms with Gasteiger partial charge in [-0.3, -0.25) is 15.1 Å². The summed E-state index contributed by atoms with van der Waals surface area (Å²) in [6, 6.07) is 4.70. The second-order valence-electron chi connectivity index (χ2n) is 5.85. The second kappa shape index (κ2) is 7.56. The lowest BCUT2D eigenvalue weighted by Gasteiger charge is -2.19. The van der Waals surface area contributed by atoms with E-state index in [1.807, 2.05) is 19.9 Å². The van der Waals surface area contributed by atoms with Crippen LogP contribution in [0.1, 0.15) is 25.8 Å². The van der Waals surface area contributed by atoms with Gasteiger partial charge in [-0.25, -0.2) is 4.98 Å². The predicted octanol–water partition coefficient (Wildman–Crippen LogP) is 4.01. The molecule has 26 heavy (non-hydrogen) atoms. The molecule has 0 aliphatic rings. The molecule has 0 aliphatic carbocycles. The molecule has 10 heteroatoms. The molecule has 3 aromatic rings. The van der Waals surface area contributed by atoms with E-state index in [2.05, 4.69) is 41.4 Å². The van der Waals surface area contributed by atoms with E-state index in [0.29, 0.717) is 22.0 Å². The van der Waals surface area contributed by atoms with Crippen molar-refractivity contribution < 1.29 is 9.45 Å². The van der Waals surface area contributed by atoms with E-state index in [0.717, 1.165) is 5.56 Å². The highest BCUT2D eigenvalue weighted by atomic mass is 79.9. The Hall–Kier alpha value is -2.88. The van der Waals surface area contributed by atoms with Crippen molar-refractivity contribution in [1.82, 2.24) is 20.1 Å². The first-order chi connectivity index (χ1) is 12.5. The summed E-state index contributed by atoms with van der Waals surface area (Å²) < 4.78 is 5.89. The van der Waals surface area contributed by atoms with Crippen LogP contribution < -0.4 is 5.32 Å². The zero-order valence-corrected chi connectivity index (χ0v) is 15.5. The molecule has 1 atom stereocenters. The SMILES string of the molecule is CC(C)C(Nc1ncc([N+](=O)[O-])cc1Br)c1nc(-c2cccnc2)no1. The molecule has 0 fully saturated rings. The quantitative estimate of drug-likeness (QED) is 0.470. The maximum absolute atomic E-state index is 10.8. The Balaban J connectivity index is 1.87. The van der Waals surface area contributed by atoms with Crippen LogP contribution in [0.2, 0.25) is 0 Å². The van der Waals surface area contributed by atoms with Gasteiger partial charge in [0.1, 0.15) is 18.1 Å². The van der Waals surface area contributed by atoms with Crippen LogP contribution in [-0.4, -0.2) is 25.0 Å². The summed E-state index contributed by atoms with van der Waals surface area (Å²) in [4.78, 5) is 22.9. The van der Waals surface area contributed by atoms with Crippen molar-refractivity contribution in [1.29, 1.82) is 0 Å². The highest BCUT2D eigenvalue weighted by molar-refractivity contribution is 9.10. The molecule has 1 unspecified atom stereocenters. The van der Waals surface area contributed by atoms with Gasteiger partial charge in [0.15, 0.2) is 0 Å². The number of anilines is 1. The normalized spacial score (nSPS) is 12.2. The minimum atomic E-state index is -0.500. The maximum atomic E-state index is 10.8. The molecule has 3 rings (SSSR count). The van der Waals surface area contributed by atoms with E-state index in [1.54, 1.807) is 18.5 Å². The Morgan fingerprint density at radius 2 is 2.15 bits per heavy atom. The summed E-state index contributed by atoms with van der Waals surface area (Å²) in [5.41, 5.74) is 0.653. The van der Waals surface area contributed by atoms with Gasteiger partial charge in [-0.1, -0.05) is 19.0 Å². The van der Waals surface area contributed by atoms with Crippen LogP contribution >= 0.6 is 15.9 Å². The summed E-state index contributed by atoms with van der Waals surface area (Å²) in [5.74, 6) is 1.39. The van der Waals surface area contributed by atoms with Crippen molar-refractivity contribution in [2.24, 2.45) is 5.92 Å². The van der Waals surface area contributed by atoms with Crippen molar-refractivity contribution in [2.75, 3.05) is 5.32 Å². The molecule has 0 saturated carbocycles. The van der Waals surface area contributed by atoms with Gasteiger partial charge in [-0.15, -0.1) is 0 Å². The fraction of sp³-hybridized carbons (Fsp3) is 0.250. The van der Waals surface area contributed by atoms with E-state index >= 15 is 0 Å². The lowest BCUT2D eigenvalue weighted by atomic mass is 10.0. The first kappa shape index (κ1) is 17.9. The average molecular weight is 419 g/mol. The van der Waals surface area contributed by atoms with Crippen molar-refractivity contribution in [3.05, 3.63) is 57.3 Å². The first-order valence-electron chi connectivity index (χ1n) is 7.76. The third-order valence-corrected chi connectivity index (χ3v) is 4.23. The third kappa shape index (κ3) is 3.85. The van der Waals surface area contributed by atoms with Gasteiger partial charge in [0.05, 0.1) is 9.40 Å². The summed E-state index contributed by atoms with van der Waals surface area (Å²) >= 11 is 3.30. The van der Waals surface area contributed by atoms with E-state index < -0.39 is 4.92 Å². The van der Waals surface area contributed by atoms with Gasteiger partial charge in [-0.05, 0) is 34.0 Å². The molecule has 0 radical (unpaired) electrons. The monoisotopic (exact) mass is 418 g/mol. The number of pyridine rings is 2. The molecule has 134 valence electrons. The summed E-state index contributed by atoms with van der Waals surface area (Å²) in [6.07, 6.45) is 4.51. The molecule has 1 N–H and O–H groups in total. The maximum Gasteiger partial charge on any atom is 0.288 e. The predicted molar refractivity (Wildman–Crippen MR) is 97.3 cm³/mol. The van der Waals surface area contributed by atoms with Crippen LogP contribution in [0.3, 0.4) is 0 Å². The van der Waals surface area contributed by atoms with Crippen molar-refractivity contribution in [2.45, 2.75) is 19.9 Å². The molecule has 0 saturated heterocycles. The minimum Gasteiger partial charge on any atom is -0.357 e. The number of halogens is 1. The number of nitro groups is 1. The van der Waals surface area contributed by atoms with Gasteiger partial charge >= 0.3 is 0 Å². The van der Waals surface area contributed by atoms with Crippen molar-refractivity contribution in [3.8, 4) is 11.4 Å². The summed E-state index contributed by atoms with van der Waals surface area (Å²) in [5, 5.41) is 18.0. The Morgan fingerprint density at radius 3 is 2.77 bits per heavy atom. The Kier molecular flexibility index (Phi) is 5.21. The Bertz CT molecular complexity index is 915. The van der Waals surface area contributed by atoms with E-state index in [1.165, 1.54) is 12.3 Å². The summed E-state index contributed by atoms with van der Waals surface area (Å²) in [6.45, 7) is 3.98. The smallest absolute Gasteiger partial charge is 0.288 e. The van der Waals surface area contributed by atoms with Crippen LogP contribution in [0.15, 0.2) is 45.8 Å². The van der Waals surface area contributed by atoms with Crippen LogP contribution in [0.5, 0.6) is 0 Å². The number of nitrogens with zero attached hydrogens (tertiary/aromatic N) is 5. The molecule has 3 aromatic heterocycles. The van der Waals surface area contributed by atoms with Crippen LogP contribution in [-0.2, 0) is 0 Å². The third-order valence-electron chi connectivity index (χ3n) is 3.62. The molecular weight excluding hydrogens is 404 g/mol.